The quantitative estimate of drug-likeness (QED) is 0.236. The summed E-state index contributed by atoms with van der Waals surface area (Å²) in [4.78, 5) is 14.3. The monoisotopic (exact) mass is 497 g/mol. The van der Waals surface area contributed by atoms with Gasteiger partial charge >= 0.3 is 0 Å². The van der Waals surface area contributed by atoms with Gasteiger partial charge in [0, 0.05) is 22.4 Å². The third-order valence-corrected chi connectivity index (χ3v) is 6.81. The lowest BCUT2D eigenvalue weighted by Crippen LogP contribution is -2.00. The maximum absolute atomic E-state index is 6.11. The molecule has 0 unspecified atom stereocenters. The molecule has 0 bridgehead atoms. The Morgan fingerprint density at radius 2 is 0.973 bits per heavy atom. The number of rotatable bonds is 6. The van der Waals surface area contributed by atoms with Gasteiger partial charge in [-0.25, -0.2) is 15.0 Å². The second-order valence-electron chi connectivity index (χ2n) is 8.52. The topological polar surface area (TPSA) is 47.9 Å². The van der Waals surface area contributed by atoms with Crippen LogP contribution in [-0.4, -0.2) is 20.7 Å². The smallest absolute Gasteiger partial charge is 0.164 e. The molecule has 0 atom stereocenters. The second kappa shape index (κ2) is 10.6. The Kier molecular flexibility index (Phi) is 6.60. The summed E-state index contributed by atoms with van der Waals surface area (Å²) in [5, 5.41) is 2.12. The Morgan fingerprint density at radius 3 is 1.43 bits per heavy atom. The number of ether oxygens (including phenoxy) is 1. The molecule has 0 spiro atoms. The van der Waals surface area contributed by atoms with E-state index < -0.39 is 0 Å². The first-order valence-corrected chi connectivity index (χ1v) is 13.1. The number of allylic oxidation sites excluding steroid dienone is 2. The van der Waals surface area contributed by atoms with E-state index in [2.05, 4.69) is 29.7 Å². The Morgan fingerprint density at radius 1 is 0.514 bits per heavy atom. The fraction of sp³-hybridized carbons (Fsp3) is 0.0312. The molecule has 0 saturated heterocycles. The molecule has 1 aliphatic heterocycles. The van der Waals surface area contributed by atoms with Gasteiger partial charge in [-0.2, -0.15) is 0 Å². The Hall–Kier alpha value is -4.48. The van der Waals surface area contributed by atoms with Gasteiger partial charge in [0.05, 0.1) is 0 Å². The minimum atomic E-state index is 0.622. The molecule has 0 N–H and O–H groups in total. The van der Waals surface area contributed by atoms with Crippen molar-refractivity contribution in [2.45, 2.75) is 0 Å². The van der Waals surface area contributed by atoms with Crippen LogP contribution < -0.4 is 4.74 Å². The summed E-state index contributed by atoms with van der Waals surface area (Å²) in [7, 11) is 0. The standard InChI is InChI=1S/C32H23N3OS/c1-3-8-24(9-4-1)30-33-31(25-10-5-2-6-11-25)35-32(34-30)26-15-19-29(20-16-26)36-28-17-13-23(14-18-28)27-12-7-21-37-22-27/h1-21H,22H2. The van der Waals surface area contributed by atoms with E-state index in [1.165, 1.54) is 11.1 Å². The van der Waals surface area contributed by atoms with Crippen molar-refractivity contribution >= 4 is 17.3 Å². The maximum Gasteiger partial charge on any atom is 0.164 e. The summed E-state index contributed by atoms with van der Waals surface area (Å²) in [6.45, 7) is 0. The summed E-state index contributed by atoms with van der Waals surface area (Å²) in [6, 6.07) is 36.1. The SMILES string of the molecule is C1=CSCC(c2ccc(Oc3ccc(-c4nc(-c5ccccc5)nc(-c5ccccc5)n4)cc3)cc2)=C1. The summed E-state index contributed by atoms with van der Waals surface area (Å²) in [5.41, 5.74) is 5.34. The van der Waals surface area contributed by atoms with E-state index in [9.17, 15) is 0 Å². The van der Waals surface area contributed by atoms with Crippen molar-refractivity contribution < 1.29 is 4.74 Å². The van der Waals surface area contributed by atoms with Crippen molar-refractivity contribution in [2.75, 3.05) is 5.75 Å². The number of nitrogens with zero attached hydrogens (tertiary/aromatic N) is 3. The van der Waals surface area contributed by atoms with E-state index >= 15 is 0 Å². The molecule has 4 aromatic carbocycles. The highest BCUT2D eigenvalue weighted by molar-refractivity contribution is 8.02. The zero-order valence-electron chi connectivity index (χ0n) is 20.0. The number of hydrogen-bond donors (Lipinski definition) is 0. The van der Waals surface area contributed by atoms with Crippen molar-refractivity contribution in [2.24, 2.45) is 0 Å². The molecule has 37 heavy (non-hydrogen) atoms. The lowest BCUT2D eigenvalue weighted by atomic mass is 10.1. The van der Waals surface area contributed by atoms with Crippen molar-refractivity contribution in [3.05, 3.63) is 132 Å². The average molecular weight is 498 g/mol. The van der Waals surface area contributed by atoms with E-state index in [-0.39, 0.29) is 0 Å². The van der Waals surface area contributed by atoms with Crippen LogP contribution in [0.3, 0.4) is 0 Å². The zero-order valence-corrected chi connectivity index (χ0v) is 20.8. The number of aromatic nitrogens is 3. The fourth-order valence-electron chi connectivity index (χ4n) is 4.06. The third kappa shape index (κ3) is 5.37. The van der Waals surface area contributed by atoms with Crippen molar-refractivity contribution in [1.29, 1.82) is 0 Å². The van der Waals surface area contributed by atoms with E-state index in [1.807, 2.05) is 109 Å². The van der Waals surface area contributed by atoms with Gasteiger partial charge in [-0.1, -0.05) is 84.9 Å². The first kappa shape index (κ1) is 23.0. The van der Waals surface area contributed by atoms with Crippen molar-refractivity contribution in [1.82, 2.24) is 15.0 Å². The van der Waals surface area contributed by atoms with E-state index in [0.717, 1.165) is 33.9 Å². The Bertz CT molecular complexity index is 1510. The van der Waals surface area contributed by atoms with Crippen molar-refractivity contribution in [3.63, 3.8) is 0 Å². The molecule has 0 radical (unpaired) electrons. The molecule has 1 aliphatic rings. The highest BCUT2D eigenvalue weighted by Crippen LogP contribution is 2.29. The molecule has 4 nitrogen and oxygen atoms in total. The molecule has 1 aromatic heterocycles. The normalized spacial score (nSPS) is 12.7. The largest absolute Gasteiger partial charge is 0.457 e. The van der Waals surface area contributed by atoms with Gasteiger partial charge in [0.15, 0.2) is 17.5 Å². The number of benzene rings is 4. The van der Waals surface area contributed by atoms with Crippen LogP contribution in [-0.2, 0) is 0 Å². The van der Waals surface area contributed by atoms with Crippen molar-refractivity contribution in [3.8, 4) is 45.7 Å². The summed E-state index contributed by atoms with van der Waals surface area (Å²) in [6.07, 6.45) is 4.26. The third-order valence-electron chi connectivity index (χ3n) is 5.98. The van der Waals surface area contributed by atoms with Gasteiger partial charge in [0.1, 0.15) is 11.5 Å². The molecular formula is C32H23N3OS. The molecule has 0 saturated carbocycles. The Balaban J connectivity index is 1.27. The minimum absolute atomic E-state index is 0.622. The van der Waals surface area contributed by atoms with Gasteiger partial charge in [-0.15, -0.1) is 11.8 Å². The van der Waals surface area contributed by atoms with Crippen LogP contribution in [0, 0.1) is 0 Å². The van der Waals surface area contributed by atoms with Gasteiger partial charge in [-0.05, 0) is 52.9 Å². The van der Waals surface area contributed by atoms with Crippen LogP contribution in [0.15, 0.2) is 127 Å². The molecule has 0 fully saturated rings. The zero-order chi connectivity index (χ0) is 24.9. The highest BCUT2D eigenvalue weighted by Gasteiger charge is 2.12. The molecule has 5 aromatic rings. The van der Waals surface area contributed by atoms with Crippen LogP contribution in [0.25, 0.3) is 39.7 Å². The number of hydrogen-bond acceptors (Lipinski definition) is 5. The number of thioether (sulfide) groups is 1. The fourth-order valence-corrected chi connectivity index (χ4v) is 4.79. The van der Waals surface area contributed by atoms with Gasteiger partial charge in [0.2, 0.25) is 0 Å². The molecule has 0 aliphatic carbocycles. The minimum Gasteiger partial charge on any atom is -0.457 e. The summed E-state index contributed by atoms with van der Waals surface area (Å²) in [5.74, 6) is 4.46. The first-order chi connectivity index (χ1) is 18.3. The average Bonchev–Trinajstić information content (AvgIpc) is 2.99. The molecule has 6 rings (SSSR count). The predicted molar refractivity (Wildman–Crippen MR) is 152 cm³/mol. The summed E-state index contributed by atoms with van der Waals surface area (Å²) >= 11 is 1.81. The molecular weight excluding hydrogens is 474 g/mol. The molecule has 5 heteroatoms. The highest BCUT2D eigenvalue weighted by atomic mass is 32.2. The van der Waals surface area contributed by atoms with Crippen LogP contribution in [0.2, 0.25) is 0 Å². The van der Waals surface area contributed by atoms with E-state index in [0.29, 0.717) is 17.5 Å². The molecule has 2 heterocycles. The maximum atomic E-state index is 6.11. The summed E-state index contributed by atoms with van der Waals surface area (Å²) < 4.78 is 6.11. The molecule has 178 valence electrons. The molecule has 0 amide bonds. The van der Waals surface area contributed by atoms with E-state index in [1.54, 1.807) is 0 Å². The lowest BCUT2D eigenvalue weighted by Gasteiger charge is -2.11. The van der Waals surface area contributed by atoms with Gasteiger partial charge in [-0.3, -0.25) is 0 Å². The van der Waals surface area contributed by atoms with Crippen LogP contribution in [0.5, 0.6) is 11.5 Å². The first-order valence-electron chi connectivity index (χ1n) is 12.0. The van der Waals surface area contributed by atoms with Crippen LogP contribution in [0.4, 0.5) is 0 Å². The van der Waals surface area contributed by atoms with Crippen LogP contribution >= 0.6 is 11.8 Å². The Labute approximate surface area is 220 Å². The predicted octanol–water partition coefficient (Wildman–Crippen LogP) is 8.31. The second-order valence-corrected chi connectivity index (χ2v) is 9.41. The lowest BCUT2D eigenvalue weighted by molar-refractivity contribution is 0.482. The van der Waals surface area contributed by atoms with Crippen LogP contribution in [0.1, 0.15) is 5.56 Å². The van der Waals surface area contributed by atoms with E-state index in [4.69, 9.17) is 19.7 Å². The van der Waals surface area contributed by atoms with Gasteiger partial charge in [0.25, 0.3) is 0 Å². The van der Waals surface area contributed by atoms with Gasteiger partial charge < -0.3 is 4.74 Å².